The summed E-state index contributed by atoms with van der Waals surface area (Å²) in [5, 5.41) is 0. The predicted octanol–water partition coefficient (Wildman–Crippen LogP) is 5.05. The highest BCUT2D eigenvalue weighted by Crippen LogP contribution is 2.32. The van der Waals surface area contributed by atoms with Crippen LogP contribution in [0.4, 0.5) is 0 Å². The molecule has 1 aromatic rings. The summed E-state index contributed by atoms with van der Waals surface area (Å²) in [5.41, 5.74) is 7.91. The second-order valence-corrected chi connectivity index (χ2v) is 10.6. The van der Waals surface area contributed by atoms with Gasteiger partial charge in [0.25, 0.3) is 0 Å². The van der Waals surface area contributed by atoms with Gasteiger partial charge in [0.05, 0.1) is 0 Å². The molecule has 0 radical (unpaired) electrons. The maximum atomic E-state index is 6.08. The number of hydrogen-bond donors (Lipinski definition) is 0. The van der Waals surface area contributed by atoms with E-state index in [0.29, 0.717) is 0 Å². The van der Waals surface area contributed by atoms with Crippen molar-refractivity contribution in [1.29, 1.82) is 0 Å². The monoisotopic (exact) mass is 262 g/mol. The highest BCUT2D eigenvalue weighted by Gasteiger charge is 2.21. The molecule has 100 valence electrons. The molecule has 0 saturated heterocycles. The Morgan fingerprint density at radius 1 is 0.778 bits per heavy atom. The second-order valence-electron chi connectivity index (χ2n) is 6.14. The Kier molecular flexibility index (Phi) is 4.11. The summed E-state index contributed by atoms with van der Waals surface area (Å²) >= 11 is 0. The van der Waals surface area contributed by atoms with Crippen LogP contribution in [0.15, 0.2) is 6.58 Å². The van der Waals surface area contributed by atoms with Crippen LogP contribution < -0.4 is 0 Å². The fraction of sp³-hybridized carbons (Fsp3) is 0.500. The first-order valence-corrected chi connectivity index (χ1v) is 9.92. The van der Waals surface area contributed by atoms with E-state index < -0.39 is 8.32 Å². The average Bonchev–Trinajstić information content (AvgIpc) is 2.21. The Hall–Kier alpha value is -1.02. The van der Waals surface area contributed by atoms with E-state index in [-0.39, 0.29) is 0 Å². The molecule has 0 fully saturated rings. The predicted molar refractivity (Wildman–Crippen MR) is 83.6 cm³/mol. The van der Waals surface area contributed by atoms with Crippen molar-refractivity contribution in [3.05, 3.63) is 40.0 Å². The molecule has 0 amide bonds. The first kappa shape index (κ1) is 15.0. The van der Waals surface area contributed by atoms with Crippen LogP contribution in [0.1, 0.15) is 33.4 Å². The molecule has 0 aliphatic rings. The summed E-state index contributed by atoms with van der Waals surface area (Å²) in [6.07, 6.45) is 0. The van der Waals surface area contributed by atoms with E-state index in [1.165, 1.54) is 33.4 Å². The van der Waals surface area contributed by atoms with Crippen LogP contribution in [0.3, 0.4) is 0 Å². The number of hydrogen-bond acceptors (Lipinski definition) is 1. The van der Waals surface area contributed by atoms with E-state index in [0.717, 1.165) is 5.76 Å². The third-order valence-corrected chi connectivity index (χ3v) is 4.57. The lowest BCUT2D eigenvalue weighted by Crippen LogP contribution is -2.24. The summed E-state index contributed by atoms with van der Waals surface area (Å²) in [5.74, 6) is 0.843. The minimum atomic E-state index is -1.60. The van der Waals surface area contributed by atoms with Gasteiger partial charge in [0.15, 0.2) is 0 Å². The van der Waals surface area contributed by atoms with Gasteiger partial charge in [-0.2, -0.15) is 0 Å². The fourth-order valence-electron chi connectivity index (χ4n) is 2.34. The molecule has 2 heteroatoms. The maximum Gasteiger partial charge on any atom is 0.242 e. The van der Waals surface area contributed by atoms with Crippen molar-refractivity contribution in [2.75, 3.05) is 0 Å². The van der Waals surface area contributed by atoms with Gasteiger partial charge in [0.1, 0.15) is 5.76 Å². The zero-order valence-electron chi connectivity index (χ0n) is 13.1. The Morgan fingerprint density at radius 3 is 1.44 bits per heavy atom. The van der Waals surface area contributed by atoms with Crippen LogP contribution in [0, 0.1) is 34.6 Å². The zero-order valence-corrected chi connectivity index (χ0v) is 14.1. The third-order valence-electron chi connectivity index (χ3n) is 3.71. The highest BCUT2D eigenvalue weighted by atomic mass is 28.4. The molecule has 0 N–H and O–H groups in total. The van der Waals surface area contributed by atoms with Crippen LogP contribution in [0.2, 0.25) is 19.6 Å². The van der Waals surface area contributed by atoms with Crippen LogP contribution in [0.25, 0.3) is 5.76 Å². The first-order valence-electron chi connectivity index (χ1n) is 6.51. The second kappa shape index (κ2) is 4.92. The Balaban J connectivity index is 3.38. The molecule has 0 atom stereocenters. The highest BCUT2D eigenvalue weighted by molar-refractivity contribution is 6.70. The molecule has 0 saturated carbocycles. The fourth-order valence-corrected chi connectivity index (χ4v) is 3.18. The molecule has 0 aromatic heterocycles. The SMILES string of the molecule is C=C(O[Si](C)(C)C)c1c(C)c(C)c(C)c(C)c1C. The summed E-state index contributed by atoms with van der Waals surface area (Å²) < 4.78 is 6.08. The Morgan fingerprint density at radius 2 is 1.11 bits per heavy atom. The van der Waals surface area contributed by atoms with Crippen LogP contribution in [0.5, 0.6) is 0 Å². The van der Waals surface area contributed by atoms with E-state index in [2.05, 4.69) is 60.8 Å². The largest absolute Gasteiger partial charge is 0.544 e. The van der Waals surface area contributed by atoms with Gasteiger partial charge in [-0.1, -0.05) is 6.58 Å². The molecule has 0 heterocycles. The molecule has 0 bridgehead atoms. The van der Waals surface area contributed by atoms with Crippen molar-refractivity contribution in [2.45, 2.75) is 54.3 Å². The van der Waals surface area contributed by atoms with Crippen molar-refractivity contribution in [1.82, 2.24) is 0 Å². The van der Waals surface area contributed by atoms with E-state index in [1.807, 2.05) is 0 Å². The molecule has 0 aliphatic heterocycles. The van der Waals surface area contributed by atoms with Crippen LogP contribution >= 0.6 is 0 Å². The topological polar surface area (TPSA) is 9.23 Å². The van der Waals surface area contributed by atoms with Crippen molar-refractivity contribution >= 4 is 14.1 Å². The lowest BCUT2D eigenvalue weighted by molar-refractivity contribution is 0.515. The van der Waals surface area contributed by atoms with Gasteiger partial charge >= 0.3 is 0 Å². The third kappa shape index (κ3) is 2.86. The van der Waals surface area contributed by atoms with E-state index in [9.17, 15) is 0 Å². The van der Waals surface area contributed by atoms with Gasteiger partial charge in [0, 0.05) is 5.56 Å². The van der Waals surface area contributed by atoms with Crippen LogP contribution in [-0.4, -0.2) is 8.32 Å². The van der Waals surface area contributed by atoms with Crippen molar-refractivity contribution < 1.29 is 4.43 Å². The van der Waals surface area contributed by atoms with Gasteiger partial charge in [-0.15, -0.1) is 0 Å². The Labute approximate surface area is 113 Å². The van der Waals surface area contributed by atoms with E-state index >= 15 is 0 Å². The smallest absolute Gasteiger partial charge is 0.242 e. The normalized spacial score (nSPS) is 11.6. The van der Waals surface area contributed by atoms with Gasteiger partial charge in [-0.05, 0) is 82.1 Å². The van der Waals surface area contributed by atoms with Gasteiger partial charge in [0.2, 0.25) is 8.32 Å². The Bertz CT molecular complexity index is 464. The summed E-state index contributed by atoms with van der Waals surface area (Å²) in [7, 11) is -1.60. The van der Waals surface area contributed by atoms with Crippen molar-refractivity contribution in [3.63, 3.8) is 0 Å². The lowest BCUT2D eigenvalue weighted by atomic mass is 9.89. The molecule has 1 nitrogen and oxygen atoms in total. The average molecular weight is 262 g/mol. The number of benzene rings is 1. The quantitative estimate of drug-likeness (QED) is 0.547. The van der Waals surface area contributed by atoms with Crippen molar-refractivity contribution in [2.24, 2.45) is 0 Å². The molecular formula is C16H26OSi. The first-order chi connectivity index (χ1) is 8.06. The maximum absolute atomic E-state index is 6.08. The summed E-state index contributed by atoms with van der Waals surface area (Å²) in [4.78, 5) is 0. The molecule has 0 unspecified atom stereocenters. The molecule has 1 rings (SSSR count). The van der Waals surface area contributed by atoms with Crippen LogP contribution in [-0.2, 0) is 4.43 Å². The standard InChI is InChI=1S/C16H26OSi/c1-10-11(2)13(4)16(14(5)12(10)3)15(6)17-18(7,8)9/h6H2,1-5,7-9H3. The van der Waals surface area contributed by atoms with Gasteiger partial charge in [-0.25, -0.2) is 0 Å². The minimum Gasteiger partial charge on any atom is -0.544 e. The molecule has 1 aromatic carbocycles. The van der Waals surface area contributed by atoms with E-state index in [4.69, 9.17) is 4.43 Å². The zero-order chi connectivity index (χ0) is 14.2. The summed E-state index contributed by atoms with van der Waals surface area (Å²) in [6, 6.07) is 0. The lowest BCUT2D eigenvalue weighted by Gasteiger charge is -2.25. The molecular weight excluding hydrogens is 236 g/mol. The van der Waals surface area contributed by atoms with Crippen molar-refractivity contribution in [3.8, 4) is 0 Å². The molecule has 18 heavy (non-hydrogen) atoms. The summed E-state index contributed by atoms with van der Waals surface area (Å²) in [6.45, 7) is 21.6. The van der Waals surface area contributed by atoms with Gasteiger partial charge in [-0.3, -0.25) is 0 Å². The molecule has 0 spiro atoms. The molecule has 0 aliphatic carbocycles. The van der Waals surface area contributed by atoms with Gasteiger partial charge < -0.3 is 4.43 Å². The van der Waals surface area contributed by atoms with E-state index in [1.54, 1.807) is 0 Å². The number of rotatable bonds is 3. The minimum absolute atomic E-state index is 0.843.